The van der Waals surface area contributed by atoms with Crippen molar-refractivity contribution in [3.63, 3.8) is 0 Å². The Morgan fingerprint density at radius 2 is 1.95 bits per heavy atom. The Morgan fingerprint density at radius 3 is 2.35 bits per heavy atom. The van der Waals surface area contributed by atoms with E-state index in [4.69, 9.17) is 10.5 Å². The number of amides is 1. The van der Waals surface area contributed by atoms with Crippen molar-refractivity contribution in [1.82, 2.24) is 0 Å². The topological polar surface area (TPSA) is 55.6 Å². The van der Waals surface area contributed by atoms with Gasteiger partial charge in [-0.2, -0.15) is 0 Å². The number of hydrogen-bond donors (Lipinski definition) is 1. The van der Waals surface area contributed by atoms with Crippen molar-refractivity contribution in [3.8, 4) is 0 Å². The molecule has 0 fully saturated rings. The van der Waals surface area contributed by atoms with Crippen LogP contribution in [-0.2, 0) is 4.74 Å². The maximum Gasteiger partial charge on any atom is 0.414 e. The Labute approximate surface area is 121 Å². The minimum absolute atomic E-state index is 0.350. The van der Waals surface area contributed by atoms with Crippen LogP contribution < -0.4 is 10.6 Å². The summed E-state index contributed by atoms with van der Waals surface area (Å²) in [4.78, 5) is 13.8. The van der Waals surface area contributed by atoms with Gasteiger partial charge in [-0.1, -0.05) is 19.9 Å². The molecular formula is C16H26N2O2. The quantitative estimate of drug-likeness (QED) is 0.845. The average Bonchev–Trinajstić information content (AvgIpc) is 2.26. The zero-order valence-electron chi connectivity index (χ0n) is 13.4. The number of nitrogens with zero attached hydrogens (tertiary/aromatic N) is 1. The lowest BCUT2D eigenvalue weighted by molar-refractivity contribution is 0.0582. The Morgan fingerprint density at radius 1 is 1.35 bits per heavy atom. The molecule has 0 aliphatic carbocycles. The van der Waals surface area contributed by atoms with Crippen LogP contribution >= 0.6 is 0 Å². The zero-order chi connectivity index (χ0) is 15.5. The van der Waals surface area contributed by atoms with E-state index >= 15 is 0 Å². The molecule has 0 radical (unpaired) electrons. The smallest absolute Gasteiger partial charge is 0.414 e. The molecule has 0 atom stereocenters. The second kappa shape index (κ2) is 6.16. The SMILES string of the molecule is CCN(C(=O)OC(C)(C)C)c1ccc(C(C)C)c(N)c1. The third-order valence-corrected chi connectivity index (χ3v) is 2.93. The van der Waals surface area contributed by atoms with E-state index in [2.05, 4.69) is 13.8 Å². The molecule has 0 bridgehead atoms. The highest BCUT2D eigenvalue weighted by molar-refractivity contribution is 5.88. The summed E-state index contributed by atoms with van der Waals surface area (Å²) in [7, 11) is 0. The van der Waals surface area contributed by atoms with Crippen LogP contribution in [0.3, 0.4) is 0 Å². The van der Waals surface area contributed by atoms with E-state index in [0.29, 0.717) is 18.2 Å². The van der Waals surface area contributed by atoms with Crippen molar-refractivity contribution >= 4 is 17.5 Å². The number of carbonyl (C=O) groups excluding carboxylic acids is 1. The molecule has 4 heteroatoms. The molecule has 0 aliphatic rings. The summed E-state index contributed by atoms with van der Waals surface area (Å²) in [6.45, 7) is 12.2. The monoisotopic (exact) mass is 278 g/mol. The van der Waals surface area contributed by atoms with Gasteiger partial charge in [-0.05, 0) is 51.3 Å². The minimum Gasteiger partial charge on any atom is -0.443 e. The second-order valence-electron chi connectivity index (χ2n) is 6.19. The fourth-order valence-electron chi connectivity index (χ4n) is 1.99. The number of rotatable bonds is 3. The first-order valence-electron chi connectivity index (χ1n) is 7.05. The van der Waals surface area contributed by atoms with Gasteiger partial charge in [-0.15, -0.1) is 0 Å². The summed E-state index contributed by atoms with van der Waals surface area (Å²) in [5.41, 5.74) is 8.12. The number of hydrogen-bond acceptors (Lipinski definition) is 3. The van der Waals surface area contributed by atoms with Crippen molar-refractivity contribution in [2.24, 2.45) is 0 Å². The highest BCUT2D eigenvalue weighted by atomic mass is 16.6. The first-order chi connectivity index (χ1) is 9.15. The van der Waals surface area contributed by atoms with Crippen molar-refractivity contribution in [1.29, 1.82) is 0 Å². The molecule has 0 aromatic heterocycles. The molecule has 0 spiro atoms. The molecular weight excluding hydrogens is 252 g/mol. The first-order valence-corrected chi connectivity index (χ1v) is 7.05. The molecule has 0 heterocycles. The van der Waals surface area contributed by atoms with Gasteiger partial charge in [0, 0.05) is 17.9 Å². The molecule has 112 valence electrons. The van der Waals surface area contributed by atoms with E-state index in [9.17, 15) is 4.79 Å². The summed E-state index contributed by atoms with van der Waals surface area (Å²) in [6, 6.07) is 5.73. The third-order valence-electron chi connectivity index (χ3n) is 2.93. The molecule has 20 heavy (non-hydrogen) atoms. The van der Waals surface area contributed by atoms with Crippen LogP contribution in [0.5, 0.6) is 0 Å². The average molecular weight is 278 g/mol. The molecule has 0 unspecified atom stereocenters. The second-order valence-corrected chi connectivity index (χ2v) is 6.19. The van der Waals surface area contributed by atoms with Crippen molar-refractivity contribution < 1.29 is 9.53 Å². The molecule has 2 N–H and O–H groups in total. The van der Waals surface area contributed by atoms with Crippen molar-refractivity contribution in [3.05, 3.63) is 23.8 Å². The van der Waals surface area contributed by atoms with E-state index in [-0.39, 0.29) is 6.09 Å². The number of ether oxygens (including phenoxy) is 1. The van der Waals surface area contributed by atoms with Crippen LogP contribution in [0.25, 0.3) is 0 Å². The summed E-state index contributed by atoms with van der Waals surface area (Å²) in [5, 5.41) is 0. The van der Waals surface area contributed by atoms with Gasteiger partial charge in [0.25, 0.3) is 0 Å². The highest BCUT2D eigenvalue weighted by Gasteiger charge is 2.22. The molecule has 0 aliphatic heterocycles. The van der Waals surface area contributed by atoms with Gasteiger partial charge >= 0.3 is 6.09 Å². The normalized spacial score (nSPS) is 11.6. The molecule has 1 rings (SSSR count). The van der Waals surface area contributed by atoms with Gasteiger partial charge in [0.2, 0.25) is 0 Å². The van der Waals surface area contributed by atoms with E-state index < -0.39 is 5.60 Å². The van der Waals surface area contributed by atoms with E-state index in [1.807, 2.05) is 45.9 Å². The maximum atomic E-state index is 12.2. The van der Waals surface area contributed by atoms with Crippen molar-refractivity contribution in [2.45, 2.75) is 53.1 Å². The van der Waals surface area contributed by atoms with E-state index in [1.165, 1.54) is 0 Å². The molecule has 0 saturated carbocycles. The van der Waals surface area contributed by atoms with Crippen LogP contribution in [0.1, 0.15) is 53.0 Å². The van der Waals surface area contributed by atoms with Crippen LogP contribution in [0, 0.1) is 0 Å². The summed E-state index contributed by atoms with van der Waals surface area (Å²) in [5.74, 6) is 0.362. The molecule has 4 nitrogen and oxygen atoms in total. The number of benzene rings is 1. The lowest BCUT2D eigenvalue weighted by Crippen LogP contribution is -2.36. The van der Waals surface area contributed by atoms with Gasteiger partial charge < -0.3 is 10.5 Å². The summed E-state index contributed by atoms with van der Waals surface area (Å²) in [6.07, 6.45) is -0.350. The van der Waals surface area contributed by atoms with Crippen LogP contribution in [-0.4, -0.2) is 18.2 Å². The first kappa shape index (κ1) is 16.3. The summed E-state index contributed by atoms with van der Waals surface area (Å²) < 4.78 is 5.41. The number of nitrogens with two attached hydrogens (primary N) is 1. The van der Waals surface area contributed by atoms with Gasteiger partial charge in [0.05, 0.1) is 0 Å². The lowest BCUT2D eigenvalue weighted by atomic mass is 10.0. The fraction of sp³-hybridized carbons (Fsp3) is 0.562. The Kier molecular flexibility index (Phi) is 5.03. The predicted molar refractivity (Wildman–Crippen MR) is 84.2 cm³/mol. The Bertz CT molecular complexity index is 476. The van der Waals surface area contributed by atoms with Crippen LogP contribution in [0.2, 0.25) is 0 Å². The maximum absolute atomic E-state index is 12.2. The van der Waals surface area contributed by atoms with E-state index in [1.54, 1.807) is 4.90 Å². The molecule has 0 saturated heterocycles. The van der Waals surface area contributed by atoms with Crippen LogP contribution in [0.4, 0.5) is 16.2 Å². The molecule has 1 aromatic rings. The lowest BCUT2D eigenvalue weighted by Gasteiger charge is -2.27. The highest BCUT2D eigenvalue weighted by Crippen LogP contribution is 2.27. The van der Waals surface area contributed by atoms with Gasteiger partial charge in [-0.3, -0.25) is 4.90 Å². The summed E-state index contributed by atoms with van der Waals surface area (Å²) >= 11 is 0. The van der Waals surface area contributed by atoms with Crippen molar-refractivity contribution in [2.75, 3.05) is 17.2 Å². The largest absolute Gasteiger partial charge is 0.443 e. The number of carbonyl (C=O) groups is 1. The zero-order valence-corrected chi connectivity index (χ0v) is 13.4. The number of anilines is 2. The minimum atomic E-state index is -0.506. The van der Waals surface area contributed by atoms with Gasteiger partial charge in [0.15, 0.2) is 0 Å². The molecule has 1 amide bonds. The van der Waals surface area contributed by atoms with Crippen LogP contribution in [0.15, 0.2) is 18.2 Å². The fourth-order valence-corrected chi connectivity index (χ4v) is 1.99. The Hall–Kier alpha value is -1.71. The molecule has 1 aromatic carbocycles. The van der Waals surface area contributed by atoms with E-state index in [0.717, 1.165) is 11.3 Å². The predicted octanol–water partition coefficient (Wildman–Crippen LogP) is 4.15. The standard InChI is InChI=1S/C16H26N2O2/c1-7-18(15(19)20-16(4,5)6)12-8-9-13(11(2)3)14(17)10-12/h8-11H,7,17H2,1-6H3. The van der Waals surface area contributed by atoms with Gasteiger partial charge in [-0.25, -0.2) is 4.79 Å². The third kappa shape index (κ3) is 4.15. The Balaban J connectivity index is 3.02. The van der Waals surface area contributed by atoms with Gasteiger partial charge in [0.1, 0.15) is 5.60 Å². The number of nitrogen functional groups attached to an aromatic ring is 1.